The minimum atomic E-state index is 0. The van der Waals surface area contributed by atoms with Crippen LogP contribution in [-0.2, 0) is 11.2 Å². The van der Waals surface area contributed by atoms with Crippen molar-refractivity contribution in [2.75, 3.05) is 0 Å². The molecular formula is C17H20OS. The zero-order chi connectivity index (χ0) is 13.1. The highest BCUT2D eigenvalue weighted by molar-refractivity contribution is 7.10. The number of ketones is 1. The number of benzene rings is 1. The van der Waals surface area contributed by atoms with E-state index in [0.717, 1.165) is 12.8 Å². The lowest BCUT2D eigenvalue weighted by atomic mass is 9.99. The van der Waals surface area contributed by atoms with Gasteiger partial charge in [0.1, 0.15) is 5.78 Å². The third-order valence-corrected chi connectivity index (χ3v) is 4.86. The zero-order valence-corrected chi connectivity index (χ0v) is 11.8. The summed E-state index contributed by atoms with van der Waals surface area (Å²) in [5.41, 5.74) is 2.47. The van der Waals surface area contributed by atoms with Gasteiger partial charge in [-0.3, -0.25) is 4.79 Å². The van der Waals surface area contributed by atoms with Crippen LogP contribution in [-0.4, -0.2) is 5.78 Å². The van der Waals surface area contributed by atoms with Gasteiger partial charge in [0.2, 0.25) is 0 Å². The largest absolute Gasteiger partial charge is 0.299 e. The normalized spacial score (nSPS) is 15.8. The Balaban J connectivity index is 0.00000147. The third kappa shape index (κ3) is 2.95. The van der Waals surface area contributed by atoms with Crippen LogP contribution in [0.5, 0.6) is 0 Å². The average molecular weight is 272 g/mol. The smallest absolute Gasteiger partial charge is 0.141 e. The first kappa shape index (κ1) is 12.6. The van der Waals surface area contributed by atoms with Crippen molar-refractivity contribution in [2.24, 2.45) is 5.92 Å². The second-order valence-corrected chi connectivity index (χ2v) is 6.29. The molecule has 3 rings (SSSR count). The highest BCUT2D eigenvalue weighted by atomic mass is 32.1. The molecule has 1 fully saturated rings. The minimum absolute atomic E-state index is 0. The Morgan fingerprint density at radius 2 is 1.89 bits per heavy atom. The van der Waals surface area contributed by atoms with E-state index in [4.69, 9.17) is 0 Å². The molecule has 0 saturated heterocycles. The van der Waals surface area contributed by atoms with Crippen LogP contribution < -0.4 is 0 Å². The van der Waals surface area contributed by atoms with E-state index in [2.05, 4.69) is 35.7 Å². The molecule has 1 aromatic heterocycles. The molecule has 1 nitrogen and oxygen atoms in total. The predicted octanol–water partition coefficient (Wildman–Crippen LogP) is 4.96. The van der Waals surface area contributed by atoms with Crippen LogP contribution in [0, 0.1) is 5.92 Å². The highest BCUT2D eigenvalue weighted by Crippen LogP contribution is 2.29. The summed E-state index contributed by atoms with van der Waals surface area (Å²) in [7, 11) is 0. The predicted molar refractivity (Wildman–Crippen MR) is 82.5 cm³/mol. The second kappa shape index (κ2) is 5.70. The zero-order valence-electron chi connectivity index (χ0n) is 11.0. The Bertz CT molecular complexity index is 555. The monoisotopic (exact) mass is 272 g/mol. The molecular weight excluding hydrogens is 252 g/mol. The van der Waals surface area contributed by atoms with Crippen LogP contribution in [0.2, 0.25) is 0 Å². The fourth-order valence-corrected chi connectivity index (χ4v) is 3.72. The van der Waals surface area contributed by atoms with Crippen molar-refractivity contribution in [3.8, 4) is 11.1 Å². The summed E-state index contributed by atoms with van der Waals surface area (Å²) < 4.78 is 0. The fourth-order valence-electron chi connectivity index (χ4n) is 2.82. The number of rotatable bonds is 4. The summed E-state index contributed by atoms with van der Waals surface area (Å²) in [6, 6.07) is 12.5. The molecule has 0 unspecified atom stereocenters. The molecule has 1 aromatic carbocycles. The van der Waals surface area contributed by atoms with Crippen molar-refractivity contribution in [1.82, 2.24) is 0 Å². The molecule has 19 heavy (non-hydrogen) atoms. The average Bonchev–Trinajstić information content (AvgIpc) is 3.11. The summed E-state index contributed by atoms with van der Waals surface area (Å²) in [5, 5.41) is 2.16. The number of hydrogen-bond acceptors (Lipinski definition) is 2. The maximum atomic E-state index is 12.2. The van der Waals surface area contributed by atoms with E-state index >= 15 is 0 Å². The molecule has 0 spiro atoms. The molecule has 1 aliphatic carbocycles. The van der Waals surface area contributed by atoms with E-state index in [0.29, 0.717) is 18.1 Å². The Morgan fingerprint density at radius 1 is 1.16 bits per heavy atom. The van der Waals surface area contributed by atoms with Gasteiger partial charge in [-0.15, -0.1) is 11.3 Å². The van der Waals surface area contributed by atoms with Gasteiger partial charge in [-0.2, -0.15) is 0 Å². The van der Waals surface area contributed by atoms with E-state index in [1.165, 1.54) is 28.8 Å². The van der Waals surface area contributed by atoms with Crippen molar-refractivity contribution < 1.29 is 6.22 Å². The topological polar surface area (TPSA) is 17.1 Å². The summed E-state index contributed by atoms with van der Waals surface area (Å²) >= 11 is 1.71. The lowest BCUT2D eigenvalue weighted by molar-refractivity contribution is -0.121. The van der Waals surface area contributed by atoms with Gasteiger partial charge in [-0.25, -0.2) is 0 Å². The quantitative estimate of drug-likeness (QED) is 0.768. The van der Waals surface area contributed by atoms with Gasteiger partial charge in [0.15, 0.2) is 0 Å². The van der Waals surface area contributed by atoms with Crippen molar-refractivity contribution >= 4 is 17.1 Å². The van der Waals surface area contributed by atoms with E-state index in [1.54, 1.807) is 11.3 Å². The number of carbonyl (C=O) groups is 1. The van der Waals surface area contributed by atoms with E-state index in [-0.39, 0.29) is 1.43 Å². The molecule has 0 amide bonds. The molecule has 0 atom stereocenters. The molecule has 1 heterocycles. The summed E-state index contributed by atoms with van der Waals surface area (Å²) in [6.45, 7) is 0. The molecule has 100 valence electrons. The third-order valence-electron chi connectivity index (χ3n) is 3.92. The van der Waals surface area contributed by atoms with E-state index < -0.39 is 0 Å². The molecule has 0 N–H and O–H groups in total. The molecule has 2 aromatic rings. The van der Waals surface area contributed by atoms with Crippen LogP contribution in [0.15, 0.2) is 41.8 Å². The molecule has 0 radical (unpaired) electrons. The highest BCUT2D eigenvalue weighted by Gasteiger charge is 2.22. The van der Waals surface area contributed by atoms with Crippen molar-refractivity contribution in [1.29, 1.82) is 0 Å². The van der Waals surface area contributed by atoms with Crippen LogP contribution >= 0.6 is 11.3 Å². The molecule has 2 heteroatoms. The molecule has 1 aliphatic rings. The van der Waals surface area contributed by atoms with E-state index in [9.17, 15) is 4.79 Å². The lowest BCUT2D eigenvalue weighted by Crippen LogP contribution is -2.12. The summed E-state index contributed by atoms with van der Waals surface area (Å²) in [6.07, 6.45) is 5.31. The number of Topliss-reactive ketones (excluding diaryl/α,β-unsaturated/α-hetero) is 1. The number of thiophene rings is 1. The van der Waals surface area contributed by atoms with Gasteiger partial charge in [-0.05, 0) is 35.4 Å². The standard InChI is InChI=1S/C17H18OS.H2/c18-17(14-8-4-5-9-14)11-16-10-15(12-19-16)13-6-2-1-3-7-13;/h1-3,6-7,10,12,14H,4-5,8-9,11H2;1H. The molecule has 1 saturated carbocycles. The second-order valence-electron chi connectivity index (χ2n) is 5.29. The summed E-state index contributed by atoms with van der Waals surface area (Å²) in [4.78, 5) is 13.4. The summed E-state index contributed by atoms with van der Waals surface area (Å²) in [5.74, 6) is 0.779. The van der Waals surface area contributed by atoms with Gasteiger partial charge in [-0.1, -0.05) is 43.2 Å². The van der Waals surface area contributed by atoms with Gasteiger partial charge in [0, 0.05) is 18.6 Å². The number of carbonyl (C=O) groups excluding carboxylic acids is 1. The Kier molecular flexibility index (Phi) is 3.79. The maximum absolute atomic E-state index is 12.2. The minimum Gasteiger partial charge on any atom is -0.299 e. The Labute approximate surface area is 119 Å². The maximum Gasteiger partial charge on any atom is 0.141 e. The van der Waals surface area contributed by atoms with E-state index in [1.807, 2.05) is 6.07 Å². The lowest BCUT2D eigenvalue weighted by Gasteiger charge is -2.05. The van der Waals surface area contributed by atoms with Crippen molar-refractivity contribution in [3.05, 3.63) is 46.7 Å². The Morgan fingerprint density at radius 3 is 2.63 bits per heavy atom. The van der Waals surface area contributed by atoms with Gasteiger partial charge < -0.3 is 0 Å². The fraction of sp³-hybridized carbons (Fsp3) is 0.353. The SMILES string of the molecule is O=C(Cc1cc(-c2ccccc2)cs1)C1CCCC1.[HH]. The Hall–Kier alpha value is -1.41. The van der Waals surface area contributed by atoms with Crippen molar-refractivity contribution in [2.45, 2.75) is 32.1 Å². The van der Waals surface area contributed by atoms with Crippen LogP contribution in [0.25, 0.3) is 11.1 Å². The first-order chi connectivity index (χ1) is 9.33. The van der Waals surface area contributed by atoms with Gasteiger partial charge in [0.05, 0.1) is 0 Å². The first-order valence-electron chi connectivity index (χ1n) is 6.98. The number of hydrogen-bond donors (Lipinski definition) is 0. The van der Waals surface area contributed by atoms with Gasteiger partial charge in [0.25, 0.3) is 0 Å². The van der Waals surface area contributed by atoms with Gasteiger partial charge >= 0.3 is 0 Å². The molecule has 0 aliphatic heterocycles. The van der Waals surface area contributed by atoms with Crippen LogP contribution in [0.1, 0.15) is 32.0 Å². The van der Waals surface area contributed by atoms with Crippen LogP contribution in [0.3, 0.4) is 0 Å². The van der Waals surface area contributed by atoms with Crippen molar-refractivity contribution in [3.63, 3.8) is 0 Å². The first-order valence-corrected chi connectivity index (χ1v) is 7.86. The van der Waals surface area contributed by atoms with Crippen LogP contribution in [0.4, 0.5) is 0 Å². The molecule has 0 bridgehead atoms.